The standard InChI is InChI=1S/C17H23F3N2O5S/c1-11-10-21(5-6-22(11)15(24)27-16(2,3)4)28(25,26)14-8-12(17(18,19)20)7-13(23)9-14/h7-9,11,23H,5-6,10H2,1-4H3/t11-/m1/s1. The quantitative estimate of drug-likeness (QED) is 0.789. The van der Waals surface area contributed by atoms with Crippen LogP contribution in [0.4, 0.5) is 18.0 Å². The van der Waals surface area contributed by atoms with E-state index in [-0.39, 0.29) is 19.6 Å². The van der Waals surface area contributed by atoms with Crippen LogP contribution in [-0.4, -0.2) is 60.1 Å². The molecule has 7 nitrogen and oxygen atoms in total. The largest absolute Gasteiger partial charge is 0.508 e. The number of aromatic hydroxyl groups is 1. The molecule has 1 aromatic rings. The van der Waals surface area contributed by atoms with Crippen molar-refractivity contribution < 1.29 is 36.2 Å². The number of sulfonamides is 1. The average Bonchev–Trinajstić information content (AvgIpc) is 2.51. The van der Waals surface area contributed by atoms with Gasteiger partial charge in [0.2, 0.25) is 10.0 Å². The highest BCUT2D eigenvalue weighted by Crippen LogP contribution is 2.34. The van der Waals surface area contributed by atoms with Gasteiger partial charge in [-0.25, -0.2) is 13.2 Å². The molecule has 1 fully saturated rings. The number of halogens is 3. The van der Waals surface area contributed by atoms with Crippen LogP contribution in [0.2, 0.25) is 0 Å². The van der Waals surface area contributed by atoms with Crippen LogP contribution in [0.3, 0.4) is 0 Å². The predicted molar refractivity (Wildman–Crippen MR) is 94.3 cm³/mol. The van der Waals surface area contributed by atoms with E-state index < -0.39 is 50.1 Å². The third kappa shape index (κ3) is 5.07. The first-order chi connectivity index (χ1) is 12.6. The lowest BCUT2D eigenvalue weighted by atomic mass is 10.2. The minimum Gasteiger partial charge on any atom is -0.508 e. The van der Waals surface area contributed by atoms with Crippen molar-refractivity contribution in [1.29, 1.82) is 0 Å². The molecule has 0 aromatic heterocycles. The third-order valence-corrected chi connectivity index (χ3v) is 5.92. The summed E-state index contributed by atoms with van der Waals surface area (Å²) in [4.78, 5) is 12.9. The number of ether oxygens (including phenoxy) is 1. The van der Waals surface area contributed by atoms with E-state index in [1.165, 1.54) is 4.90 Å². The first kappa shape index (κ1) is 22.3. The lowest BCUT2D eigenvalue weighted by molar-refractivity contribution is -0.137. The van der Waals surface area contributed by atoms with Crippen LogP contribution in [-0.2, 0) is 20.9 Å². The molecule has 1 atom stereocenters. The molecule has 1 aliphatic heterocycles. The van der Waals surface area contributed by atoms with Crippen LogP contribution in [0.15, 0.2) is 23.1 Å². The highest BCUT2D eigenvalue weighted by molar-refractivity contribution is 7.89. The fourth-order valence-electron chi connectivity index (χ4n) is 2.78. The monoisotopic (exact) mass is 424 g/mol. The van der Waals surface area contributed by atoms with E-state index in [0.717, 1.165) is 10.4 Å². The predicted octanol–water partition coefficient (Wildman–Crippen LogP) is 3.04. The van der Waals surface area contributed by atoms with Gasteiger partial charge in [0.15, 0.2) is 0 Å². The summed E-state index contributed by atoms with van der Waals surface area (Å²) in [6.45, 7) is 6.54. The molecular weight excluding hydrogens is 401 g/mol. The smallest absolute Gasteiger partial charge is 0.416 e. The lowest BCUT2D eigenvalue weighted by Crippen LogP contribution is -2.56. The number of alkyl halides is 3. The van der Waals surface area contributed by atoms with Crippen molar-refractivity contribution in [3.8, 4) is 5.75 Å². The molecule has 1 saturated heterocycles. The van der Waals surface area contributed by atoms with E-state index in [9.17, 15) is 31.5 Å². The number of piperazine rings is 1. The molecule has 158 valence electrons. The summed E-state index contributed by atoms with van der Waals surface area (Å²) in [5.74, 6) is -0.797. The van der Waals surface area contributed by atoms with Crippen LogP contribution in [0.1, 0.15) is 33.3 Å². The van der Waals surface area contributed by atoms with E-state index in [1.807, 2.05) is 0 Å². The Morgan fingerprint density at radius 3 is 2.29 bits per heavy atom. The molecule has 1 N–H and O–H groups in total. The molecule has 11 heteroatoms. The van der Waals surface area contributed by atoms with E-state index in [2.05, 4.69) is 0 Å². The molecule has 0 bridgehead atoms. The van der Waals surface area contributed by atoms with Gasteiger partial charge in [0.05, 0.1) is 10.5 Å². The Bertz CT molecular complexity index is 849. The normalized spacial score (nSPS) is 19.5. The third-order valence-electron chi connectivity index (χ3n) is 4.07. The topological polar surface area (TPSA) is 87.2 Å². The fourth-order valence-corrected chi connectivity index (χ4v) is 4.36. The second-order valence-corrected chi connectivity index (χ2v) is 9.54. The Morgan fingerprint density at radius 2 is 1.79 bits per heavy atom. The van der Waals surface area contributed by atoms with Gasteiger partial charge in [-0.3, -0.25) is 0 Å². The number of carbonyl (C=O) groups excluding carboxylic acids is 1. The fraction of sp³-hybridized carbons (Fsp3) is 0.588. The van der Waals surface area contributed by atoms with E-state index >= 15 is 0 Å². The SMILES string of the molecule is C[C@@H]1CN(S(=O)(=O)c2cc(O)cc(C(F)(F)F)c2)CCN1C(=O)OC(C)(C)C. The molecule has 2 rings (SSSR count). The first-order valence-corrected chi connectivity index (χ1v) is 9.96. The van der Waals surface area contributed by atoms with Gasteiger partial charge in [-0.2, -0.15) is 17.5 Å². The maximum absolute atomic E-state index is 12.9. The second-order valence-electron chi connectivity index (χ2n) is 7.60. The Morgan fingerprint density at radius 1 is 1.18 bits per heavy atom. The first-order valence-electron chi connectivity index (χ1n) is 8.52. The van der Waals surface area contributed by atoms with Crippen molar-refractivity contribution in [1.82, 2.24) is 9.21 Å². The van der Waals surface area contributed by atoms with Crippen LogP contribution in [0.5, 0.6) is 5.75 Å². The number of rotatable bonds is 2. The summed E-state index contributed by atoms with van der Waals surface area (Å²) < 4.78 is 70.7. The van der Waals surface area contributed by atoms with Crippen molar-refractivity contribution in [2.45, 2.75) is 50.4 Å². The van der Waals surface area contributed by atoms with Crippen molar-refractivity contribution in [2.24, 2.45) is 0 Å². The highest BCUT2D eigenvalue weighted by Gasteiger charge is 2.38. The Balaban J connectivity index is 2.23. The van der Waals surface area contributed by atoms with E-state index in [1.54, 1.807) is 27.7 Å². The lowest BCUT2D eigenvalue weighted by Gasteiger charge is -2.39. The molecule has 1 amide bonds. The number of nitrogens with zero attached hydrogens (tertiary/aromatic N) is 2. The molecule has 0 unspecified atom stereocenters. The summed E-state index contributed by atoms with van der Waals surface area (Å²) in [5, 5.41) is 9.54. The summed E-state index contributed by atoms with van der Waals surface area (Å²) in [6, 6.07) is 1.18. The van der Waals surface area contributed by atoms with Crippen molar-refractivity contribution in [2.75, 3.05) is 19.6 Å². The Labute approximate surface area is 161 Å². The van der Waals surface area contributed by atoms with Gasteiger partial charge in [-0.1, -0.05) is 0 Å². The van der Waals surface area contributed by atoms with Gasteiger partial charge in [-0.15, -0.1) is 0 Å². The number of phenols is 1. The van der Waals surface area contributed by atoms with Crippen LogP contribution >= 0.6 is 0 Å². The van der Waals surface area contributed by atoms with E-state index in [0.29, 0.717) is 12.1 Å². The van der Waals surface area contributed by atoms with Crippen LogP contribution in [0.25, 0.3) is 0 Å². The number of hydrogen-bond donors (Lipinski definition) is 1. The van der Waals surface area contributed by atoms with Gasteiger partial charge < -0.3 is 14.7 Å². The zero-order chi connectivity index (χ0) is 21.5. The minimum absolute atomic E-state index is 0.0280. The number of benzene rings is 1. The Hall–Kier alpha value is -2.01. The Kier molecular flexibility index (Phi) is 5.91. The van der Waals surface area contributed by atoms with Crippen molar-refractivity contribution in [3.63, 3.8) is 0 Å². The summed E-state index contributed by atoms with van der Waals surface area (Å²) in [7, 11) is -4.29. The molecule has 0 radical (unpaired) electrons. The number of carbonyl (C=O) groups is 1. The molecular formula is C17H23F3N2O5S. The minimum atomic E-state index is -4.80. The van der Waals surface area contributed by atoms with Gasteiger partial charge in [0.1, 0.15) is 11.4 Å². The van der Waals surface area contributed by atoms with Crippen LogP contribution in [0, 0.1) is 0 Å². The van der Waals surface area contributed by atoms with Crippen molar-refractivity contribution in [3.05, 3.63) is 23.8 Å². The second kappa shape index (κ2) is 7.43. The van der Waals surface area contributed by atoms with E-state index in [4.69, 9.17) is 4.74 Å². The summed E-state index contributed by atoms with van der Waals surface area (Å²) >= 11 is 0. The average molecular weight is 424 g/mol. The molecule has 0 aliphatic carbocycles. The maximum atomic E-state index is 12.9. The molecule has 0 saturated carbocycles. The molecule has 1 aromatic carbocycles. The van der Waals surface area contributed by atoms with Gasteiger partial charge in [0, 0.05) is 25.7 Å². The highest BCUT2D eigenvalue weighted by atomic mass is 32.2. The maximum Gasteiger partial charge on any atom is 0.416 e. The number of phenolic OH excluding ortho intramolecular Hbond substituents is 1. The van der Waals surface area contributed by atoms with Gasteiger partial charge in [-0.05, 0) is 45.9 Å². The molecule has 28 heavy (non-hydrogen) atoms. The molecule has 1 aliphatic rings. The van der Waals surface area contributed by atoms with Gasteiger partial charge in [0.25, 0.3) is 0 Å². The van der Waals surface area contributed by atoms with Crippen molar-refractivity contribution >= 4 is 16.1 Å². The number of hydrogen-bond acceptors (Lipinski definition) is 5. The summed E-state index contributed by atoms with van der Waals surface area (Å²) in [6.07, 6.45) is -5.39. The zero-order valence-corrected chi connectivity index (χ0v) is 16.8. The van der Waals surface area contributed by atoms with Gasteiger partial charge >= 0.3 is 12.3 Å². The molecule has 1 heterocycles. The zero-order valence-electron chi connectivity index (χ0n) is 15.9. The summed E-state index contributed by atoms with van der Waals surface area (Å²) in [5.41, 5.74) is -1.97. The molecule has 0 spiro atoms. The number of amides is 1. The van der Waals surface area contributed by atoms with Crippen LogP contribution < -0.4 is 0 Å².